The molecule has 1 aliphatic rings. The second kappa shape index (κ2) is 7.79. The van der Waals surface area contributed by atoms with Crippen LogP contribution in [-0.2, 0) is 11.3 Å². The zero-order chi connectivity index (χ0) is 20.5. The molecule has 3 aromatic rings. The molecule has 1 atom stereocenters. The molecule has 1 saturated heterocycles. The van der Waals surface area contributed by atoms with Gasteiger partial charge in [0, 0.05) is 19.3 Å². The summed E-state index contributed by atoms with van der Waals surface area (Å²) in [7, 11) is 0. The first-order valence-corrected chi connectivity index (χ1v) is 10.0. The molecule has 0 aliphatic carbocycles. The highest BCUT2D eigenvalue weighted by atomic mass is 16.5. The normalized spacial score (nSPS) is 16.6. The van der Waals surface area contributed by atoms with Crippen molar-refractivity contribution in [3.8, 4) is 0 Å². The number of anilines is 1. The minimum absolute atomic E-state index is 0.0302. The van der Waals surface area contributed by atoms with Crippen molar-refractivity contribution in [3.63, 3.8) is 0 Å². The number of rotatable bonds is 5. The van der Waals surface area contributed by atoms with Crippen LogP contribution >= 0.6 is 0 Å². The molecule has 29 heavy (non-hydrogen) atoms. The maximum atomic E-state index is 13.2. The molecule has 0 spiro atoms. The molecule has 0 aromatic carbocycles. The summed E-state index contributed by atoms with van der Waals surface area (Å²) in [5.74, 6) is 0.00560. The van der Waals surface area contributed by atoms with Gasteiger partial charge in [-0.05, 0) is 43.9 Å². The Morgan fingerprint density at radius 2 is 2.28 bits per heavy atom. The van der Waals surface area contributed by atoms with Crippen LogP contribution in [0.25, 0.3) is 16.7 Å². The summed E-state index contributed by atoms with van der Waals surface area (Å²) >= 11 is 0. The predicted molar refractivity (Wildman–Crippen MR) is 110 cm³/mol. The molecule has 8 heteroatoms. The molecular weight excluding hydrogens is 370 g/mol. The number of aromatic nitrogens is 3. The second-order valence-electron chi connectivity index (χ2n) is 7.53. The van der Waals surface area contributed by atoms with E-state index in [0.29, 0.717) is 35.6 Å². The lowest BCUT2D eigenvalue weighted by Gasteiger charge is -2.13. The van der Waals surface area contributed by atoms with E-state index in [-0.39, 0.29) is 23.1 Å². The maximum Gasteiger partial charge on any atom is 0.278 e. The maximum absolute atomic E-state index is 13.2. The Bertz CT molecular complexity index is 1150. The lowest BCUT2D eigenvalue weighted by atomic mass is 10.1. The number of nitrogens with zero attached hydrogens (tertiary/aromatic N) is 3. The standard InChI is InChI=1S/C21H25N5O3/c1-3-8-25-18(22)15(20(27)23-11-14-5-4-9-29-14)10-16-19(25)24-17-7-6-13(2)12-26(17)21(16)28/h6-7,10,12,14,22H,3-5,8-9,11H2,1-2H3,(H,23,27)/p+1/t14-/m0/s1. The average Bonchev–Trinajstić information content (AvgIpc) is 3.23. The van der Waals surface area contributed by atoms with E-state index < -0.39 is 0 Å². The molecule has 3 N–H and O–H groups in total. The molecule has 1 fully saturated rings. The molecule has 0 unspecified atom stereocenters. The summed E-state index contributed by atoms with van der Waals surface area (Å²) in [5.41, 5.74) is 8.43. The molecule has 4 rings (SSSR count). The van der Waals surface area contributed by atoms with Crippen LogP contribution in [-0.4, -0.2) is 34.5 Å². The van der Waals surface area contributed by atoms with Crippen LogP contribution in [0.5, 0.6) is 0 Å². The molecule has 0 bridgehead atoms. The third-order valence-electron chi connectivity index (χ3n) is 5.30. The van der Waals surface area contributed by atoms with Crippen molar-refractivity contribution in [1.82, 2.24) is 14.7 Å². The van der Waals surface area contributed by atoms with Gasteiger partial charge in [-0.1, -0.05) is 18.0 Å². The lowest BCUT2D eigenvalue weighted by molar-refractivity contribution is -0.658. The Hall–Kier alpha value is -3.00. The van der Waals surface area contributed by atoms with Crippen LogP contribution in [0.1, 0.15) is 42.1 Å². The van der Waals surface area contributed by atoms with Crippen molar-refractivity contribution < 1.29 is 14.1 Å². The molecule has 0 saturated carbocycles. The Kier molecular flexibility index (Phi) is 5.19. The Morgan fingerprint density at radius 1 is 1.45 bits per heavy atom. The third-order valence-corrected chi connectivity index (χ3v) is 5.30. The van der Waals surface area contributed by atoms with Crippen molar-refractivity contribution >= 4 is 28.4 Å². The van der Waals surface area contributed by atoms with Crippen molar-refractivity contribution in [2.45, 2.75) is 45.8 Å². The van der Waals surface area contributed by atoms with Gasteiger partial charge in [-0.3, -0.25) is 14.0 Å². The van der Waals surface area contributed by atoms with Crippen molar-refractivity contribution in [3.05, 3.63) is 45.9 Å². The summed E-state index contributed by atoms with van der Waals surface area (Å²) in [6, 6.07) is 5.28. The van der Waals surface area contributed by atoms with Gasteiger partial charge in [0.05, 0.1) is 12.6 Å². The fourth-order valence-corrected chi connectivity index (χ4v) is 3.80. The number of hydrogen-bond acceptors (Lipinski definition) is 5. The topological polar surface area (TPSA) is 103 Å². The van der Waals surface area contributed by atoms with Gasteiger partial charge in [0.15, 0.2) is 0 Å². The minimum atomic E-state index is -0.307. The number of nitrogens with one attached hydrogen (secondary N) is 1. The highest BCUT2D eigenvalue weighted by Gasteiger charge is 2.25. The SMILES string of the molecule is CCC[n+]1c(N)c(C(=O)NC[C@@H]2CCCO2)cc2c(=O)n3cc(C)ccc3nc21. The number of aryl methyl sites for hydroxylation is 2. The first-order chi connectivity index (χ1) is 14.0. The zero-order valence-corrected chi connectivity index (χ0v) is 16.8. The van der Waals surface area contributed by atoms with Gasteiger partial charge in [0.2, 0.25) is 11.5 Å². The van der Waals surface area contributed by atoms with Crippen LogP contribution in [0.3, 0.4) is 0 Å². The minimum Gasteiger partial charge on any atom is -0.376 e. The number of hydrogen-bond donors (Lipinski definition) is 2. The number of carbonyl (C=O) groups is 1. The van der Waals surface area contributed by atoms with Gasteiger partial charge in [-0.2, -0.15) is 0 Å². The number of fused-ring (bicyclic) bond motifs is 2. The fraction of sp³-hybridized carbons (Fsp3) is 0.429. The molecule has 3 aromatic heterocycles. The average molecular weight is 396 g/mol. The first-order valence-electron chi connectivity index (χ1n) is 10.0. The van der Waals surface area contributed by atoms with E-state index in [1.807, 2.05) is 26.0 Å². The van der Waals surface area contributed by atoms with Crippen LogP contribution < -0.4 is 21.2 Å². The highest BCUT2D eigenvalue weighted by Crippen LogP contribution is 2.16. The monoisotopic (exact) mass is 396 g/mol. The van der Waals surface area contributed by atoms with E-state index in [1.165, 1.54) is 4.40 Å². The first kappa shape index (κ1) is 19.3. The summed E-state index contributed by atoms with van der Waals surface area (Å²) in [4.78, 5) is 30.7. The van der Waals surface area contributed by atoms with Gasteiger partial charge in [0.1, 0.15) is 10.9 Å². The fourth-order valence-electron chi connectivity index (χ4n) is 3.80. The second-order valence-corrected chi connectivity index (χ2v) is 7.53. The molecule has 1 amide bonds. The smallest absolute Gasteiger partial charge is 0.278 e. The number of pyridine rings is 2. The Balaban J connectivity index is 1.85. The number of carbonyl (C=O) groups excluding carboxylic acids is 1. The lowest BCUT2D eigenvalue weighted by Crippen LogP contribution is -2.43. The Morgan fingerprint density at radius 3 is 3.00 bits per heavy atom. The summed E-state index contributed by atoms with van der Waals surface area (Å²) < 4.78 is 8.84. The van der Waals surface area contributed by atoms with E-state index in [4.69, 9.17) is 10.5 Å². The van der Waals surface area contributed by atoms with Gasteiger partial charge >= 0.3 is 0 Å². The number of nitrogens with two attached hydrogens (primary N) is 1. The number of nitrogen functional groups attached to an aromatic ring is 1. The van der Waals surface area contributed by atoms with E-state index in [0.717, 1.165) is 31.4 Å². The quantitative estimate of drug-likeness (QED) is 0.501. The largest absolute Gasteiger partial charge is 0.376 e. The van der Waals surface area contributed by atoms with Crippen molar-refractivity contribution in [1.29, 1.82) is 0 Å². The Labute approximate surface area is 168 Å². The van der Waals surface area contributed by atoms with Gasteiger partial charge in [-0.25, -0.2) is 4.57 Å². The van der Waals surface area contributed by atoms with Gasteiger partial charge in [-0.15, -0.1) is 0 Å². The molecular formula is C21H26N5O3+. The highest BCUT2D eigenvalue weighted by molar-refractivity contribution is 6.00. The van der Waals surface area contributed by atoms with E-state index in [9.17, 15) is 9.59 Å². The van der Waals surface area contributed by atoms with Crippen LogP contribution in [0.4, 0.5) is 5.82 Å². The van der Waals surface area contributed by atoms with E-state index >= 15 is 0 Å². The van der Waals surface area contributed by atoms with Gasteiger partial charge in [0.25, 0.3) is 17.1 Å². The van der Waals surface area contributed by atoms with Crippen LogP contribution in [0, 0.1) is 6.92 Å². The summed E-state index contributed by atoms with van der Waals surface area (Å²) in [5, 5.41) is 3.27. The predicted octanol–water partition coefficient (Wildman–Crippen LogP) is 1.34. The van der Waals surface area contributed by atoms with E-state index in [1.54, 1.807) is 16.8 Å². The number of ether oxygens (including phenoxy) is 1. The molecule has 4 heterocycles. The third kappa shape index (κ3) is 3.55. The van der Waals surface area contributed by atoms with Crippen LogP contribution in [0.2, 0.25) is 0 Å². The summed E-state index contributed by atoms with van der Waals surface area (Å²) in [6.07, 6.45) is 4.51. The number of amides is 1. The molecule has 0 radical (unpaired) electrons. The molecule has 8 nitrogen and oxygen atoms in total. The summed E-state index contributed by atoms with van der Waals surface area (Å²) in [6.45, 7) is 5.64. The zero-order valence-electron chi connectivity index (χ0n) is 16.8. The van der Waals surface area contributed by atoms with Crippen molar-refractivity contribution in [2.75, 3.05) is 18.9 Å². The van der Waals surface area contributed by atoms with Crippen LogP contribution in [0.15, 0.2) is 29.2 Å². The van der Waals surface area contributed by atoms with Crippen molar-refractivity contribution in [2.24, 2.45) is 0 Å². The van der Waals surface area contributed by atoms with Gasteiger partial charge < -0.3 is 15.8 Å². The van der Waals surface area contributed by atoms with E-state index in [2.05, 4.69) is 10.3 Å². The molecule has 152 valence electrons. The molecule has 1 aliphatic heterocycles.